The van der Waals surface area contributed by atoms with E-state index in [4.69, 9.17) is 18.9 Å². The first kappa shape index (κ1) is 22.3. The molecule has 0 amide bonds. The van der Waals surface area contributed by atoms with Crippen LogP contribution in [0.15, 0.2) is 36.5 Å². The Morgan fingerprint density at radius 3 is 2.18 bits per heavy atom. The lowest BCUT2D eigenvalue weighted by atomic mass is 9.99. The van der Waals surface area contributed by atoms with Crippen LogP contribution < -0.4 is 0 Å². The Balaban J connectivity index is 2.10. The number of methoxy groups -OCH3 is 1. The van der Waals surface area contributed by atoms with Gasteiger partial charge >= 0.3 is 11.9 Å². The number of ether oxygens (including phenoxy) is 4. The van der Waals surface area contributed by atoms with Crippen LogP contribution in [0.4, 0.5) is 0 Å². The van der Waals surface area contributed by atoms with Gasteiger partial charge in [0.15, 0.2) is 0 Å². The van der Waals surface area contributed by atoms with E-state index in [0.717, 1.165) is 0 Å². The lowest BCUT2D eigenvalue weighted by Crippen LogP contribution is -2.40. The summed E-state index contributed by atoms with van der Waals surface area (Å²) in [5, 5.41) is 10.1. The van der Waals surface area contributed by atoms with Crippen LogP contribution in [0, 0.1) is 11.8 Å². The van der Waals surface area contributed by atoms with E-state index in [1.807, 2.05) is 26.0 Å². The predicted molar refractivity (Wildman–Crippen MR) is 102 cm³/mol. The maximum Gasteiger partial charge on any atom is 0.309 e. The smallest absolute Gasteiger partial charge is 0.309 e. The first-order valence-corrected chi connectivity index (χ1v) is 9.60. The van der Waals surface area contributed by atoms with Crippen LogP contribution in [-0.2, 0) is 28.5 Å². The van der Waals surface area contributed by atoms with Crippen molar-refractivity contribution < 1.29 is 33.6 Å². The second-order valence-electron chi connectivity index (χ2n) is 7.14. The van der Waals surface area contributed by atoms with Crippen LogP contribution in [-0.4, -0.2) is 61.8 Å². The van der Waals surface area contributed by atoms with Gasteiger partial charge in [0.1, 0.15) is 25.4 Å². The molecule has 0 radical (unpaired) electrons. The number of hydrogen-bond donors (Lipinski definition) is 1. The molecule has 0 fully saturated rings. The second kappa shape index (κ2) is 11.1. The summed E-state index contributed by atoms with van der Waals surface area (Å²) in [6, 6.07) is 0. The van der Waals surface area contributed by atoms with Gasteiger partial charge in [-0.15, -0.1) is 0 Å². The molecule has 7 heteroatoms. The van der Waals surface area contributed by atoms with Crippen molar-refractivity contribution in [2.24, 2.45) is 11.8 Å². The Kier molecular flexibility index (Phi) is 8.89. The monoisotopic (exact) mass is 394 g/mol. The Morgan fingerprint density at radius 1 is 0.929 bits per heavy atom. The molecule has 0 aromatic heterocycles. The Morgan fingerprint density at radius 2 is 1.54 bits per heavy atom. The highest BCUT2D eigenvalue weighted by Gasteiger charge is 2.29. The normalized spacial score (nSPS) is 37.9. The molecule has 156 valence electrons. The molecule has 0 aromatic rings. The minimum Gasteiger partial charge on any atom is -0.463 e. The summed E-state index contributed by atoms with van der Waals surface area (Å²) in [5.41, 5.74) is 0. The van der Waals surface area contributed by atoms with Crippen LogP contribution in [0.5, 0.6) is 0 Å². The minimum absolute atomic E-state index is 0.0201. The van der Waals surface area contributed by atoms with Crippen LogP contribution in [0.2, 0.25) is 0 Å². The predicted octanol–water partition coefficient (Wildman–Crippen LogP) is 1.95. The van der Waals surface area contributed by atoms with Gasteiger partial charge in [-0.25, -0.2) is 0 Å². The number of esters is 2. The number of carbonyl (C=O) groups is 2. The van der Waals surface area contributed by atoms with E-state index in [2.05, 4.69) is 0 Å². The summed E-state index contributed by atoms with van der Waals surface area (Å²) >= 11 is 0. The van der Waals surface area contributed by atoms with E-state index in [9.17, 15) is 14.7 Å². The zero-order chi connectivity index (χ0) is 20.5. The molecule has 2 heterocycles. The van der Waals surface area contributed by atoms with E-state index in [1.54, 1.807) is 31.4 Å². The van der Waals surface area contributed by atoms with E-state index in [1.165, 1.54) is 0 Å². The van der Waals surface area contributed by atoms with Gasteiger partial charge < -0.3 is 24.1 Å². The summed E-state index contributed by atoms with van der Waals surface area (Å²) in [4.78, 5) is 23.9. The standard InChI is InChI=1S/C21H30O7/c1-14-6-4-8-20(23)26-12-18(25-3)15(2)7-5-9-21(24)27-13-19-16(22)10-11-17(14)28-19/h4-7,10-11,14-19,22H,8-9,12-13H2,1-3H3/b6-4+,7-5-/t14-,15-,16+,17+,18-,19-/m1/s1. The fourth-order valence-electron chi connectivity index (χ4n) is 3.01. The van der Waals surface area contributed by atoms with Crippen LogP contribution in [0.1, 0.15) is 26.7 Å². The van der Waals surface area contributed by atoms with E-state index in [-0.39, 0.29) is 56.1 Å². The topological polar surface area (TPSA) is 91.3 Å². The molecular weight excluding hydrogens is 364 g/mol. The largest absolute Gasteiger partial charge is 0.463 e. The summed E-state index contributed by atoms with van der Waals surface area (Å²) in [5.74, 6) is -0.808. The molecule has 0 aromatic carbocycles. The fraction of sp³-hybridized carbons (Fsp3) is 0.619. The summed E-state index contributed by atoms with van der Waals surface area (Å²) in [6.45, 7) is 3.99. The Bertz CT molecular complexity index is 610. The van der Waals surface area contributed by atoms with Crippen molar-refractivity contribution in [2.75, 3.05) is 20.3 Å². The fourth-order valence-corrected chi connectivity index (χ4v) is 3.01. The van der Waals surface area contributed by atoms with E-state index >= 15 is 0 Å². The average Bonchev–Trinajstić information content (AvgIpc) is 2.67. The molecule has 1 N–H and O–H groups in total. The van der Waals surface area contributed by atoms with Crippen molar-refractivity contribution >= 4 is 11.9 Å². The van der Waals surface area contributed by atoms with E-state index < -0.39 is 18.2 Å². The summed E-state index contributed by atoms with van der Waals surface area (Å²) in [6.07, 6.45) is 8.80. The van der Waals surface area contributed by atoms with Crippen molar-refractivity contribution in [2.45, 2.75) is 51.1 Å². The van der Waals surface area contributed by atoms with Gasteiger partial charge in [-0.05, 0) is 0 Å². The molecule has 2 aliphatic rings. The number of aliphatic hydroxyl groups excluding tert-OH is 1. The molecule has 7 nitrogen and oxygen atoms in total. The van der Waals surface area contributed by atoms with Crippen molar-refractivity contribution in [1.82, 2.24) is 0 Å². The van der Waals surface area contributed by atoms with Gasteiger partial charge in [0.05, 0.1) is 25.0 Å². The molecule has 2 bridgehead atoms. The number of carbonyl (C=O) groups excluding carboxylic acids is 2. The highest BCUT2D eigenvalue weighted by Crippen LogP contribution is 2.21. The maximum atomic E-state index is 12.0. The number of fused-ring (bicyclic) bond motifs is 2. The van der Waals surface area contributed by atoms with Gasteiger partial charge in [0, 0.05) is 18.9 Å². The third-order valence-electron chi connectivity index (χ3n) is 4.88. The number of cyclic esters (lactones) is 2. The van der Waals surface area contributed by atoms with Crippen molar-refractivity contribution in [3.05, 3.63) is 36.5 Å². The van der Waals surface area contributed by atoms with Crippen LogP contribution in [0.25, 0.3) is 0 Å². The van der Waals surface area contributed by atoms with Crippen molar-refractivity contribution in [3.8, 4) is 0 Å². The lowest BCUT2D eigenvalue weighted by molar-refractivity contribution is -0.153. The molecule has 0 unspecified atom stereocenters. The third kappa shape index (κ3) is 6.89. The molecule has 2 aliphatic heterocycles. The van der Waals surface area contributed by atoms with Gasteiger partial charge in [0.25, 0.3) is 0 Å². The number of aliphatic hydroxyl groups is 1. The second-order valence-corrected chi connectivity index (χ2v) is 7.14. The van der Waals surface area contributed by atoms with Gasteiger partial charge in [-0.3, -0.25) is 9.59 Å². The quantitative estimate of drug-likeness (QED) is 0.537. The van der Waals surface area contributed by atoms with Crippen molar-refractivity contribution in [1.29, 1.82) is 0 Å². The van der Waals surface area contributed by atoms with Gasteiger partial charge in [-0.1, -0.05) is 50.3 Å². The number of hydrogen-bond acceptors (Lipinski definition) is 7. The highest BCUT2D eigenvalue weighted by atomic mass is 16.6. The molecule has 0 saturated heterocycles. The zero-order valence-corrected chi connectivity index (χ0v) is 16.7. The maximum absolute atomic E-state index is 12.0. The molecule has 6 atom stereocenters. The minimum atomic E-state index is -0.834. The number of rotatable bonds is 1. The summed E-state index contributed by atoms with van der Waals surface area (Å²) < 4.78 is 21.8. The molecule has 0 spiro atoms. The Labute approximate surface area is 166 Å². The van der Waals surface area contributed by atoms with Crippen LogP contribution >= 0.6 is 0 Å². The van der Waals surface area contributed by atoms with Crippen LogP contribution in [0.3, 0.4) is 0 Å². The van der Waals surface area contributed by atoms with Crippen molar-refractivity contribution in [3.63, 3.8) is 0 Å². The first-order chi connectivity index (χ1) is 13.4. The highest BCUT2D eigenvalue weighted by molar-refractivity contribution is 5.71. The molecule has 28 heavy (non-hydrogen) atoms. The zero-order valence-electron chi connectivity index (χ0n) is 16.7. The van der Waals surface area contributed by atoms with E-state index in [0.29, 0.717) is 0 Å². The average molecular weight is 394 g/mol. The molecule has 2 rings (SSSR count). The van der Waals surface area contributed by atoms with Gasteiger partial charge in [-0.2, -0.15) is 0 Å². The Hall–Kier alpha value is -1.96. The third-order valence-corrected chi connectivity index (χ3v) is 4.88. The molecule has 0 aliphatic carbocycles. The lowest BCUT2D eigenvalue weighted by Gasteiger charge is -2.31. The molecular formula is C21H30O7. The van der Waals surface area contributed by atoms with Gasteiger partial charge in [0.2, 0.25) is 0 Å². The summed E-state index contributed by atoms with van der Waals surface area (Å²) in [7, 11) is 1.56. The molecule has 0 saturated carbocycles. The SMILES string of the molecule is CO[C@@H]1COC(=O)C/C=C/[C@@H](C)[C@@H]2C=C[C@H](O)[C@@H](COC(=O)C/C=C\[C@H]1C)O2. The first-order valence-electron chi connectivity index (χ1n) is 9.60.